The number of thiazole rings is 1. The SMILES string of the molecule is COC(=O)c1cccnc1NCc1cncs1. The molecule has 0 atom stereocenters. The number of nitrogens with one attached hydrogen (secondary N) is 1. The van der Waals surface area contributed by atoms with E-state index in [-0.39, 0.29) is 0 Å². The summed E-state index contributed by atoms with van der Waals surface area (Å²) in [6.45, 7) is 0.589. The highest BCUT2D eigenvalue weighted by Crippen LogP contribution is 2.15. The average molecular weight is 249 g/mol. The second kappa shape index (κ2) is 5.40. The number of rotatable bonds is 4. The van der Waals surface area contributed by atoms with Crippen molar-refractivity contribution in [2.75, 3.05) is 12.4 Å². The molecular weight excluding hydrogens is 238 g/mol. The Hall–Kier alpha value is -1.95. The van der Waals surface area contributed by atoms with Crippen LogP contribution in [0.2, 0.25) is 0 Å². The van der Waals surface area contributed by atoms with Crippen molar-refractivity contribution in [3.63, 3.8) is 0 Å². The summed E-state index contributed by atoms with van der Waals surface area (Å²) in [6, 6.07) is 3.37. The second-order valence-corrected chi connectivity index (χ2v) is 4.18. The molecule has 0 bridgehead atoms. The fourth-order valence-electron chi connectivity index (χ4n) is 1.32. The molecule has 0 saturated heterocycles. The standard InChI is InChI=1S/C11H11N3O2S/c1-16-11(15)9-3-2-4-13-10(9)14-6-8-5-12-7-17-8/h2-5,7H,6H2,1H3,(H,13,14). The van der Waals surface area contributed by atoms with E-state index in [1.807, 2.05) is 0 Å². The maximum atomic E-state index is 11.5. The molecule has 0 unspecified atom stereocenters. The van der Waals surface area contributed by atoms with E-state index in [2.05, 4.69) is 20.0 Å². The van der Waals surface area contributed by atoms with Crippen molar-refractivity contribution < 1.29 is 9.53 Å². The van der Waals surface area contributed by atoms with Gasteiger partial charge in [-0.25, -0.2) is 9.78 Å². The zero-order valence-electron chi connectivity index (χ0n) is 9.21. The molecule has 0 aromatic carbocycles. The Morgan fingerprint density at radius 1 is 1.59 bits per heavy atom. The van der Waals surface area contributed by atoms with Crippen molar-refractivity contribution in [2.45, 2.75) is 6.54 Å². The van der Waals surface area contributed by atoms with Crippen molar-refractivity contribution >= 4 is 23.1 Å². The van der Waals surface area contributed by atoms with E-state index in [4.69, 9.17) is 0 Å². The Morgan fingerprint density at radius 3 is 3.18 bits per heavy atom. The third kappa shape index (κ3) is 2.79. The summed E-state index contributed by atoms with van der Waals surface area (Å²) in [7, 11) is 1.35. The molecule has 0 fully saturated rings. The normalized spacial score (nSPS) is 9.94. The molecule has 1 N–H and O–H groups in total. The molecule has 0 aliphatic carbocycles. The lowest BCUT2D eigenvalue weighted by molar-refractivity contribution is 0.0601. The number of aromatic nitrogens is 2. The van der Waals surface area contributed by atoms with Gasteiger partial charge >= 0.3 is 5.97 Å². The molecule has 0 aliphatic rings. The molecule has 2 aromatic heterocycles. The lowest BCUT2D eigenvalue weighted by Gasteiger charge is -2.07. The number of hydrogen-bond acceptors (Lipinski definition) is 6. The predicted molar refractivity (Wildman–Crippen MR) is 65.0 cm³/mol. The maximum Gasteiger partial charge on any atom is 0.341 e. The average Bonchev–Trinajstić information content (AvgIpc) is 2.89. The number of pyridine rings is 1. The minimum absolute atomic E-state index is 0.398. The van der Waals surface area contributed by atoms with E-state index < -0.39 is 5.97 Å². The van der Waals surface area contributed by atoms with Crippen LogP contribution in [0.3, 0.4) is 0 Å². The van der Waals surface area contributed by atoms with Crippen LogP contribution in [0.5, 0.6) is 0 Å². The van der Waals surface area contributed by atoms with Gasteiger partial charge in [0.25, 0.3) is 0 Å². The van der Waals surface area contributed by atoms with Gasteiger partial charge < -0.3 is 10.1 Å². The molecule has 2 heterocycles. The number of esters is 1. The summed E-state index contributed by atoms with van der Waals surface area (Å²) in [6.07, 6.45) is 3.40. The fourth-order valence-corrected chi connectivity index (χ4v) is 1.86. The summed E-state index contributed by atoms with van der Waals surface area (Å²) in [4.78, 5) is 20.7. The highest BCUT2D eigenvalue weighted by molar-refractivity contribution is 7.09. The monoisotopic (exact) mass is 249 g/mol. The van der Waals surface area contributed by atoms with Crippen LogP contribution in [0.15, 0.2) is 30.0 Å². The van der Waals surface area contributed by atoms with Crippen LogP contribution in [0, 0.1) is 0 Å². The molecule has 0 aliphatic heterocycles. The van der Waals surface area contributed by atoms with Crippen LogP contribution in [0.25, 0.3) is 0 Å². The molecule has 2 rings (SSSR count). The van der Waals surface area contributed by atoms with Gasteiger partial charge in [-0.3, -0.25) is 4.98 Å². The summed E-state index contributed by atoms with van der Waals surface area (Å²) in [5, 5.41) is 3.09. The fraction of sp³-hybridized carbons (Fsp3) is 0.182. The third-order valence-electron chi connectivity index (χ3n) is 2.13. The Morgan fingerprint density at radius 2 is 2.47 bits per heavy atom. The lowest BCUT2D eigenvalue weighted by Crippen LogP contribution is -2.09. The largest absolute Gasteiger partial charge is 0.465 e. The van der Waals surface area contributed by atoms with Crippen LogP contribution in [0.4, 0.5) is 5.82 Å². The summed E-state index contributed by atoms with van der Waals surface area (Å²) in [5.41, 5.74) is 2.19. The first-order chi connectivity index (χ1) is 8.31. The smallest absolute Gasteiger partial charge is 0.341 e. The van der Waals surface area contributed by atoms with Crippen molar-refractivity contribution in [1.82, 2.24) is 9.97 Å². The summed E-state index contributed by atoms with van der Waals surface area (Å²) in [5.74, 6) is 0.123. The van der Waals surface area contributed by atoms with Crippen molar-refractivity contribution in [1.29, 1.82) is 0 Å². The van der Waals surface area contributed by atoms with Gasteiger partial charge in [-0.1, -0.05) is 0 Å². The summed E-state index contributed by atoms with van der Waals surface area (Å²) >= 11 is 1.54. The lowest BCUT2D eigenvalue weighted by atomic mass is 10.2. The van der Waals surface area contributed by atoms with Crippen LogP contribution < -0.4 is 5.32 Å². The Balaban J connectivity index is 2.12. The molecule has 88 valence electrons. The van der Waals surface area contributed by atoms with E-state index in [0.29, 0.717) is 17.9 Å². The number of carbonyl (C=O) groups excluding carboxylic acids is 1. The number of carbonyl (C=O) groups is 1. The number of hydrogen-bond donors (Lipinski definition) is 1. The van der Waals surface area contributed by atoms with E-state index in [1.165, 1.54) is 7.11 Å². The van der Waals surface area contributed by atoms with E-state index in [1.54, 1.807) is 41.4 Å². The van der Waals surface area contributed by atoms with Gasteiger partial charge in [-0.2, -0.15) is 0 Å². The topological polar surface area (TPSA) is 64.1 Å². The molecule has 0 saturated carbocycles. The molecule has 0 radical (unpaired) electrons. The van der Waals surface area contributed by atoms with Crippen molar-refractivity contribution in [2.24, 2.45) is 0 Å². The van der Waals surface area contributed by atoms with E-state index >= 15 is 0 Å². The van der Waals surface area contributed by atoms with Gasteiger partial charge in [-0.15, -0.1) is 11.3 Å². The number of anilines is 1. The predicted octanol–water partition coefficient (Wildman–Crippen LogP) is 1.94. The molecular formula is C11H11N3O2S. The van der Waals surface area contributed by atoms with Crippen molar-refractivity contribution in [3.8, 4) is 0 Å². The molecule has 2 aromatic rings. The van der Waals surface area contributed by atoms with Crippen LogP contribution in [-0.4, -0.2) is 23.0 Å². The third-order valence-corrected chi connectivity index (χ3v) is 2.91. The second-order valence-electron chi connectivity index (χ2n) is 3.21. The quantitative estimate of drug-likeness (QED) is 0.839. The molecule has 5 nitrogen and oxygen atoms in total. The van der Waals surface area contributed by atoms with Crippen LogP contribution >= 0.6 is 11.3 Å². The van der Waals surface area contributed by atoms with Gasteiger partial charge in [0, 0.05) is 17.3 Å². The van der Waals surface area contributed by atoms with Gasteiger partial charge in [0.2, 0.25) is 0 Å². The Labute approximate surface area is 102 Å². The highest BCUT2D eigenvalue weighted by atomic mass is 32.1. The van der Waals surface area contributed by atoms with Gasteiger partial charge in [-0.05, 0) is 12.1 Å². The molecule has 0 spiro atoms. The first-order valence-corrected chi connectivity index (χ1v) is 5.84. The molecule has 6 heteroatoms. The molecule has 17 heavy (non-hydrogen) atoms. The summed E-state index contributed by atoms with van der Waals surface area (Å²) < 4.78 is 4.69. The van der Waals surface area contributed by atoms with Crippen LogP contribution in [0.1, 0.15) is 15.2 Å². The first kappa shape index (κ1) is 11.5. The number of ether oxygens (including phenoxy) is 1. The number of nitrogens with zero attached hydrogens (tertiary/aromatic N) is 2. The first-order valence-electron chi connectivity index (χ1n) is 4.96. The van der Waals surface area contributed by atoms with E-state index in [0.717, 1.165) is 4.88 Å². The van der Waals surface area contributed by atoms with Gasteiger partial charge in [0.05, 0.1) is 19.2 Å². The van der Waals surface area contributed by atoms with Crippen LogP contribution in [-0.2, 0) is 11.3 Å². The maximum absolute atomic E-state index is 11.5. The minimum Gasteiger partial charge on any atom is -0.465 e. The highest BCUT2D eigenvalue weighted by Gasteiger charge is 2.11. The number of methoxy groups -OCH3 is 1. The van der Waals surface area contributed by atoms with Crippen molar-refractivity contribution in [3.05, 3.63) is 40.5 Å². The van der Waals surface area contributed by atoms with E-state index in [9.17, 15) is 4.79 Å². The Kier molecular flexibility index (Phi) is 3.66. The van der Waals surface area contributed by atoms with Gasteiger partial charge in [0.1, 0.15) is 11.4 Å². The Bertz CT molecular complexity index is 499. The molecule has 0 amide bonds. The zero-order chi connectivity index (χ0) is 12.1. The minimum atomic E-state index is -0.398. The van der Waals surface area contributed by atoms with Gasteiger partial charge in [0.15, 0.2) is 0 Å². The zero-order valence-corrected chi connectivity index (χ0v) is 10.0.